The lowest BCUT2D eigenvalue weighted by Gasteiger charge is -2.39. The Labute approximate surface area is 125 Å². The second-order valence-corrected chi connectivity index (χ2v) is 6.63. The third kappa shape index (κ3) is 2.77. The Morgan fingerprint density at radius 3 is 2.35 bits per heavy atom. The highest BCUT2D eigenvalue weighted by Gasteiger charge is 2.29. The number of hydrogen-bond acceptors (Lipinski definition) is 4. The lowest BCUT2D eigenvalue weighted by Crippen LogP contribution is -2.47. The van der Waals surface area contributed by atoms with Gasteiger partial charge in [0.25, 0.3) is 0 Å². The maximum Gasteiger partial charge on any atom is 0.148 e. The molecular weight excluding hydrogens is 272 g/mol. The van der Waals surface area contributed by atoms with Crippen LogP contribution in [0.4, 0.5) is 5.82 Å². The van der Waals surface area contributed by atoms with Crippen LogP contribution in [0.25, 0.3) is 0 Å². The molecule has 0 amide bonds. The monoisotopic (exact) mass is 294 g/mol. The highest BCUT2D eigenvalue weighted by Crippen LogP contribution is 2.39. The van der Waals surface area contributed by atoms with E-state index in [1.165, 1.54) is 32.1 Å². The number of piperidine rings is 1. The van der Waals surface area contributed by atoms with Crippen molar-refractivity contribution >= 4 is 17.4 Å². The van der Waals surface area contributed by atoms with Gasteiger partial charge in [-0.25, -0.2) is 15.0 Å². The van der Waals surface area contributed by atoms with Crippen LogP contribution in [0.15, 0.2) is 0 Å². The van der Waals surface area contributed by atoms with E-state index in [4.69, 9.17) is 16.6 Å². The largest absolute Gasteiger partial charge is 0.302 e. The summed E-state index contributed by atoms with van der Waals surface area (Å²) in [7, 11) is 0. The number of anilines is 1. The number of nitrogens with one attached hydrogen (secondary N) is 1. The van der Waals surface area contributed by atoms with Crippen molar-refractivity contribution in [1.82, 2.24) is 15.0 Å². The van der Waals surface area contributed by atoms with Crippen molar-refractivity contribution in [3.63, 3.8) is 0 Å². The van der Waals surface area contributed by atoms with E-state index < -0.39 is 0 Å². The molecule has 4 nitrogen and oxygen atoms in total. The molecule has 3 rings (SSSR count). The van der Waals surface area contributed by atoms with E-state index in [2.05, 4.69) is 29.3 Å². The minimum Gasteiger partial charge on any atom is -0.302 e. The third-order valence-corrected chi connectivity index (χ3v) is 4.84. The van der Waals surface area contributed by atoms with E-state index in [-0.39, 0.29) is 0 Å². The smallest absolute Gasteiger partial charge is 0.148 e. The number of hydrogen-bond donors (Lipinski definition) is 1. The molecular formula is C15H23ClN4. The predicted octanol–water partition coefficient (Wildman–Crippen LogP) is 3.91. The average Bonchev–Trinajstić information content (AvgIpc) is 3.23. The minimum atomic E-state index is 0.518. The van der Waals surface area contributed by atoms with E-state index in [9.17, 15) is 0 Å². The van der Waals surface area contributed by atoms with Crippen molar-refractivity contribution < 1.29 is 0 Å². The fourth-order valence-corrected chi connectivity index (χ4v) is 3.08. The van der Waals surface area contributed by atoms with Gasteiger partial charge in [-0.15, -0.1) is 0 Å². The van der Waals surface area contributed by atoms with Crippen molar-refractivity contribution in [1.29, 1.82) is 0 Å². The van der Waals surface area contributed by atoms with Gasteiger partial charge in [0.05, 0.1) is 0 Å². The molecule has 110 valence electrons. The van der Waals surface area contributed by atoms with Crippen LogP contribution in [0, 0.1) is 6.92 Å². The maximum absolute atomic E-state index is 6.27. The van der Waals surface area contributed by atoms with E-state index >= 15 is 0 Å². The Kier molecular flexibility index (Phi) is 3.87. The summed E-state index contributed by atoms with van der Waals surface area (Å²) in [5, 5.41) is 2.91. The van der Waals surface area contributed by atoms with Crippen LogP contribution in [0.5, 0.6) is 0 Å². The normalized spacial score (nSPS) is 27.6. The van der Waals surface area contributed by atoms with Crippen molar-refractivity contribution in [2.75, 3.05) is 5.43 Å². The Balaban J connectivity index is 1.85. The van der Waals surface area contributed by atoms with Crippen molar-refractivity contribution in [2.24, 2.45) is 0 Å². The van der Waals surface area contributed by atoms with Crippen LogP contribution in [0.1, 0.15) is 63.3 Å². The van der Waals surface area contributed by atoms with Gasteiger partial charge in [0.1, 0.15) is 16.8 Å². The molecule has 1 saturated heterocycles. The van der Waals surface area contributed by atoms with Gasteiger partial charge in [-0.3, -0.25) is 0 Å². The van der Waals surface area contributed by atoms with Gasteiger partial charge >= 0.3 is 0 Å². The molecule has 2 fully saturated rings. The first-order valence-corrected chi connectivity index (χ1v) is 8.03. The van der Waals surface area contributed by atoms with Gasteiger partial charge in [0, 0.05) is 23.6 Å². The molecule has 1 saturated carbocycles. The third-order valence-electron chi connectivity index (χ3n) is 4.47. The Morgan fingerprint density at radius 2 is 1.75 bits per heavy atom. The first-order valence-electron chi connectivity index (χ1n) is 7.65. The molecule has 0 radical (unpaired) electrons. The van der Waals surface area contributed by atoms with E-state index in [0.29, 0.717) is 23.2 Å². The van der Waals surface area contributed by atoms with Gasteiger partial charge in [0.2, 0.25) is 0 Å². The molecule has 2 unspecified atom stereocenters. The standard InChI is InChI=1S/C15H23ClN4/c1-9-5-4-6-10(2)20(9)19-14-11(3)13(16)17-15(18-14)12-7-8-12/h9-10,12H,4-8H2,1-3H3,(H,17,18,19). The Morgan fingerprint density at radius 1 is 1.10 bits per heavy atom. The van der Waals surface area contributed by atoms with Crippen LogP contribution < -0.4 is 5.43 Å². The maximum atomic E-state index is 6.27. The van der Waals surface area contributed by atoms with Crippen molar-refractivity contribution in [2.45, 2.75) is 70.9 Å². The van der Waals surface area contributed by atoms with Crippen LogP contribution in [-0.4, -0.2) is 27.1 Å². The van der Waals surface area contributed by atoms with Gasteiger partial charge in [-0.2, -0.15) is 0 Å². The number of nitrogens with zero attached hydrogens (tertiary/aromatic N) is 3. The van der Waals surface area contributed by atoms with E-state index in [1.54, 1.807) is 0 Å². The number of hydrazine groups is 1. The second-order valence-electron chi connectivity index (χ2n) is 6.27. The molecule has 0 aromatic carbocycles. The summed E-state index contributed by atoms with van der Waals surface area (Å²) in [6.07, 6.45) is 6.14. The molecule has 5 heteroatoms. The lowest BCUT2D eigenvalue weighted by atomic mass is 10.00. The van der Waals surface area contributed by atoms with Crippen LogP contribution in [0.2, 0.25) is 5.15 Å². The van der Waals surface area contributed by atoms with Gasteiger partial charge in [-0.05, 0) is 46.5 Å². The molecule has 2 atom stereocenters. The van der Waals surface area contributed by atoms with E-state index in [1.807, 2.05) is 6.92 Å². The zero-order valence-corrected chi connectivity index (χ0v) is 13.2. The Bertz CT molecular complexity index is 491. The molecule has 1 aromatic heterocycles. The first kappa shape index (κ1) is 14.1. The second kappa shape index (κ2) is 5.49. The highest BCUT2D eigenvalue weighted by atomic mass is 35.5. The number of halogens is 1. The molecule has 1 aliphatic carbocycles. The van der Waals surface area contributed by atoms with Gasteiger partial charge < -0.3 is 5.43 Å². The fourth-order valence-electron chi connectivity index (χ4n) is 2.90. The molecule has 1 aliphatic heterocycles. The summed E-state index contributed by atoms with van der Waals surface area (Å²) in [5.74, 6) is 2.30. The lowest BCUT2D eigenvalue weighted by molar-refractivity contribution is 0.135. The van der Waals surface area contributed by atoms with Crippen molar-refractivity contribution in [3.8, 4) is 0 Å². The molecule has 1 aromatic rings. The molecule has 0 spiro atoms. The number of aromatic nitrogens is 2. The average molecular weight is 295 g/mol. The Hall–Kier alpha value is -0.870. The molecule has 2 aliphatic rings. The summed E-state index contributed by atoms with van der Waals surface area (Å²) >= 11 is 6.27. The summed E-state index contributed by atoms with van der Waals surface area (Å²) in [5.41, 5.74) is 4.46. The zero-order valence-electron chi connectivity index (χ0n) is 12.5. The quantitative estimate of drug-likeness (QED) is 0.858. The van der Waals surface area contributed by atoms with Gasteiger partial charge in [0.15, 0.2) is 0 Å². The van der Waals surface area contributed by atoms with E-state index in [0.717, 1.165) is 17.2 Å². The van der Waals surface area contributed by atoms with Crippen LogP contribution >= 0.6 is 11.6 Å². The summed E-state index contributed by atoms with van der Waals surface area (Å²) in [4.78, 5) is 9.13. The minimum absolute atomic E-state index is 0.518. The highest BCUT2D eigenvalue weighted by molar-refractivity contribution is 6.30. The number of rotatable bonds is 3. The first-order chi connectivity index (χ1) is 9.56. The van der Waals surface area contributed by atoms with Gasteiger partial charge in [-0.1, -0.05) is 18.0 Å². The molecule has 20 heavy (non-hydrogen) atoms. The summed E-state index contributed by atoms with van der Waals surface area (Å²) < 4.78 is 0. The molecule has 0 bridgehead atoms. The molecule has 1 N–H and O–H groups in total. The molecule has 2 heterocycles. The zero-order chi connectivity index (χ0) is 14.3. The summed E-state index contributed by atoms with van der Waals surface area (Å²) in [6, 6.07) is 1.05. The predicted molar refractivity (Wildman–Crippen MR) is 82.0 cm³/mol. The van der Waals surface area contributed by atoms with Crippen LogP contribution in [0.3, 0.4) is 0 Å². The van der Waals surface area contributed by atoms with Crippen molar-refractivity contribution in [3.05, 3.63) is 16.5 Å². The SMILES string of the molecule is Cc1c(Cl)nc(C2CC2)nc1NN1C(C)CCCC1C. The topological polar surface area (TPSA) is 41.1 Å². The summed E-state index contributed by atoms with van der Waals surface area (Å²) in [6.45, 7) is 6.52. The fraction of sp³-hybridized carbons (Fsp3) is 0.733. The van der Waals surface area contributed by atoms with Crippen LogP contribution in [-0.2, 0) is 0 Å².